The Kier molecular flexibility index (Phi) is 5.73. The summed E-state index contributed by atoms with van der Waals surface area (Å²) in [6, 6.07) is 0. The maximum absolute atomic E-state index is 12.2. The fraction of sp³-hybridized carbons (Fsp3) is 1.00. The molecular weight excluding hydrogens is 277 g/mol. The van der Waals surface area contributed by atoms with Crippen molar-refractivity contribution in [3.63, 3.8) is 0 Å². The molecule has 0 fully saturated rings. The molecule has 0 atom stereocenters. The first kappa shape index (κ1) is 10.3. The van der Waals surface area contributed by atoms with E-state index in [0.717, 1.165) is 4.43 Å². The van der Waals surface area contributed by atoms with E-state index in [-0.39, 0.29) is 5.75 Å². The number of alkyl halides is 3. The van der Waals surface area contributed by atoms with Crippen LogP contribution in [0.15, 0.2) is 0 Å². The van der Waals surface area contributed by atoms with Crippen LogP contribution >= 0.6 is 47.0 Å². The van der Waals surface area contributed by atoms with E-state index in [4.69, 9.17) is 0 Å². The van der Waals surface area contributed by atoms with Gasteiger partial charge < -0.3 is 0 Å². The Morgan fingerprint density at radius 1 is 1.56 bits per heavy atom. The van der Waals surface area contributed by atoms with E-state index >= 15 is 0 Å². The molecule has 0 spiro atoms. The molecule has 0 saturated heterocycles. The number of rotatable bonds is 4. The Balaban J connectivity index is 3.33. The molecule has 5 heteroatoms. The number of hydrogen-bond acceptors (Lipinski definition) is 2. The topological polar surface area (TPSA) is 0 Å². The SMILES string of the molecule is FC(F)(CS)SCCI. The van der Waals surface area contributed by atoms with Crippen molar-refractivity contribution in [1.82, 2.24) is 0 Å². The molecule has 56 valence electrons. The van der Waals surface area contributed by atoms with Crippen molar-refractivity contribution in [1.29, 1.82) is 0 Å². The third-order valence-corrected chi connectivity index (χ3v) is 3.43. The third kappa shape index (κ3) is 5.72. The van der Waals surface area contributed by atoms with Crippen LogP contribution in [-0.2, 0) is 0 Å². The molecule has 0 saturated carbocycles. The Bertz CT molecular complexity index is 79.0. The van der Waals surface area contributed by atoms with Gasteiger partial charge in [0.25, 0.3) is 0 Å². The molecule has 0 amide bonds. The van der Waals surface area contributed by atoms with Gasteiger partial charge >= 0.3 is 5.25 Å². The van der Waals surface area contributed by atoms with Crippen LogP contribution in [0.3, 0.4) is 0 Å². The lowest BCUT2D eigenvalue weighted by Gasteiger charge is -2.10. The fourth-order valence-corrected chi connectivity index (χ4v) is 1.64. The maximum Gasteiger partial charge on any atom is 0.302 e. The predicted molar refractivity (Wildman–Crippen MR) is 50.1 cm³/mol. The van der Waals surface area contributed by atoms with Gasteiger partial charge in [0.1, 0.15) is 0 Å². The normalized spacial score (nSPS) is 12.0. The Hall–Kier alpha value is 1.29. The summed E-state index contributed by atoms with van der Waals surface area (Å²) >= 11 is 6.23. The summed E-state index contributed by atoms with van der Waals surface area (Å²) in [5, 5.41) is -2.63. The molecule has 0 heterocycles. The number of thiol groups is 1. The molecule has 0 unspecified atom stereocenters. The first-order chi connectivity index (χ1) is 4.12. The molecule has 0 rings (SSSR count). The van der Waals surface area contributed by atoms with E-state index < -0.39 is 5.25 Å². The Morgan fingerprint density at radius 2 is 2.11 bits per heavy atom. The molecule has 0 bridgehead atoms. The molecule has 0 aliphatic rings. The molecule has 0 aromatic rings. The zero-order valence-corrected chi connectivity index (χ0v) is 8.48. The van der Waals surface area contributed by atoms with Gasteiger partial charge in [0.2, 0.25) is 0 Å². The largest absolute Gasteiger partial charge is 0.302 e. The highest BCUT2D eigenvalue weighted by Gasteiger charge is 2.26. The van der Waals surface area contributed by atoms with Gasteiger partial charge in [0.05, 0.1) is 5.75 Å². The number of hydrogen-bond donors (Lipinski definition) is 1. The Morgan fingerprint density at radius 3 is 2.44 bits per heavy atom. The van der Waals surface area contributed by atoms with Gasteiger partial charge in [-0.05, 0) is 0 Å². The standard InChI is InChI=1S/C4H7F2IS2/c5-4(6,3-8)9-2-1-7/h8H,1-3H2. The van der Waals surface area contributed by atoms with Crippen LogP contribution in [0.4, 0.5) is 8.78 Å². The van der Waals surface area contributed by atoms with Crippen molar-refractivity contribution in [2.24, 2.45) is 0 Å². The molecule has 0 radical (unpaired) electrons. The third-order valence-electron chi connectivity index (χ3n) is 0.574. The van der Waals surface area contributed by atoms with Crippen LogP contribution in [0.2, 0.25) is 0 Å². The van der Waals surface area contributed by atoms with E-state index in [1.165, 1.54) is 0 Å². The van der Waals surface area contributed by atoms with Crippen molar-refractivity contribution < 1.29 is 8.78 Å². The molecule has 0 aromatic carbocycles. The minimum absolute atomic E-state index is 0.367. The van der Waals surface area contributed by atoms with Gasteiger partial charge in [0, 0.05) is 10.2 Å². The van der Waals surface area contributed by atoms with Gasteiger partial charge in [-0.1, -0.05) is 34.4 Å². The highest BCUT2D eigenvalue weighted by atomic mass is 127. The highest BCUT2D eigenvalue weighted by molar-refractivity contribution is 14.1. The summed E-state index contributed by atoms with van der Waals surface area (Å²) < 4.78 is 25.2. The summed E-state index contributed by atoms with van der Waals surface area (Å²) in [5.41, 5.74) is 0. The fourth-order valence-electron chi connectivity index (χ4n) is 0.234. The van der Waals surface area contributed by atoms with Crippen molar-refractivity contribution in [2.45, 2.75) is 5.25 Å². The molecule has 0 aliphatic carbocycles. The second-order valence-electron chi connectivity index (χ2n) is 1.33. The second kappa shape index (κ2) is 5.01. The van der Waals surface area contributed by atoms with Gasteiger partial charge in [-0.25, -0.2) is 0 Å². The predicted octanol–water partition coefficient (Wildman–Crippen LogP) is 2.68. The zero-order chi connectivity index (χ0) is 7.33. The van der Waals surface area contributed by atoms with Gasteiger partial charge in [0.15, 0.2) is 0 Å². The van der Waals surface area contributed by atoms with E-state index in [9.17, 15) is 8.78 Å². The molecule has 0 nitrogen and oxygen atoms in total. The summed E-state index contributed by atoms with van der Waals surface area (Å²) in [6.07, 6.45) is 0. The maximum atomic E-state index is 12.2. The van der Waals surface area contributed by atoms with Crippen LogP contribution < -0.4 is 0 Å². The van der Waals surface area contributed by atoms with E-state index in [2.05, 4.69) is 35.2 Å². The van der Waals surface area contributed by atoms with Crippen molar-refractivity contribution >= 4 is 47.0 Å². The van der Waals surface area contributed by atoms with Crippen molar-refractivity contribution in [3.05, 3.63) is 0 Å². The van der Waals surface area contributed by atoms with Crippen molar-refractivity contribution in [3.8, 4) is 0 Å². The minimum atomic E-state index is -2.63. The van der Waals surface area contributed by atoms with Crippen LogP contribution in [0.5, 0.6) is 0 Å². The lowest BCUT2D eigenvalue weighted by Crippen LogP contribution is -2.13. The van der Waals surface area contributed by atoms with Crippen LogP contribution in [0.25, 0.3) is 0 Å². The smallest absolute Gasteiger partial charge is 0.193 e. The molecule has 9 heavy (non-hydrogen) atoms. The number of halogens is 3. The van der Waals surface area contributed by atoms with Crippen molar-refractivity contribution in [2.75, 3.05) is 15.9 Å². The summed E-state index contributed by atoms with van der Waals surface area (Å²) in [6.45, 7) is 0. The molecule has 0 aromatic heterocycles. The van der Waals surface area contributed by atoms with Crippen LogP contribution in [0.1, 0.15) is 0 Å². The van der Waals surface area contributed by atoms with Crippen LogP contribution in [-0.4, -0.2) is 21.2 Å². The lowest BCUT2D eigenvalue weighted by atomic mass is 10.8. The number of thioether (sulfide) groups is 1. The lowest BCUT2D eigenvalue weighted by molar-refractivity contribution is 0.135. The van der Waals surface area contributed by atoms with E-state index in [0.29, 0.717) is 17.5 Å². The van der Waals surface area contributed by atoms with Gasteiger partial charge in [-0.2, -0.15) is 21.4 Å². The minimum Gasteiger partial charge on any atom is -0.193 e. The first-order valence-corrected chi connectivity index (χ1v) is 5.45. The quantitative estimate of drug-likeness (QED) is 0.470. The summed E-state index contributed by atoms with van der Waals surface area (Å²) in [4.78, 5) is 0. The summed E-state index contributed by atoms with van der Waals surface area (Å²) in [7, 11) is 0. The van der Waals surface area contributed by atoms with Gasteiger partial charge in [-0.3, -0.25) is 0 Å². The first-order valence-electron chi connectivity index (χ1n) is 2.31. The van der Waals surface area contributed by atoms with E-state index in [1.807, 2.05) is 0 Å². The highest BCUT2D eigenvalue weighted by Crippen LogP contribution is 2.29. The van der Waals surface area contributed by atoms with Gasteiger partial charge in [-0.15, -0.1) is 0 Å². The molecular formula is C4H7F2IS2. The molecule has 0 N–H and O–H groups in total. The van der Waals surface area contributed by atoms with E-state index in [1.54, 1.807) is 0 Å². The zero-order valence-electron chi connectivity index (χ0n) is 4.61. The average Bonchev–Trinajstić information content (AvgIpc) is 1.84. The molecule has 0 aliphatic heterocycles. The van der Waals surface area contributed by atoms with Crippen LogP contribution in [0, 0.1) is 0 Å². The average molecular weight is 284 g/mol. The monoisotopic (exact) mass is 284 g/mol. The summed E-state index contributed by atoms with van der Waals surface area (Å²) in [5.74, 6) is 0.127. The second-order valence-corrected chi connectivity index (χ2v) is 4.02. The Labute approximate surface area is 76.7 Å².